The first-order valence-electron chi connectivity index (χ1n) is 9.97. The Morgan fingerprint density at radius 2 is 2.22 bits per heavy atom. The van der Waals surface area contributed by atoms with E-state index in [0.29, 0.717) is 11.6 Å². The SMILES string of the molecule is CCN(CC1CCCN(CCc2cccc(OC)c2)C1)C(=O)c1ccc[nH]1. The summed E-state index contributed by atoms with van der Waals surface area (Å²) in [6, 6.07) is 12.1. The Hall–Kier alpha value is -2.27. The average Bonchev–Trinajstić information content (AvgIpc) is 3.25. The quantitative estimate of drug-likeness (QED) is 0.775. The topological polar surface area (TPSA) is 48.6 Å². The molecular formula is C22H31N3O2. The number of benzene rings is 1. The molecular weight excluding hydrogens is 338 g/mol. The average molecular weight is 370 g/mol. The number of nitrogens with one attached hydrogen (secondary N) is 1. The molecule has 0 saturated carbocycles. The van der Waals surface area contributed by atoms with Crippen molar-refractivity contribution in [1.29, 1.82) is 0 Å². The minimum atomic E-state index is 0.107. The van der Waals surface area contributed by atoms with Crippen LogP contribution in [-0.4, -0.2) is 60.5 Å². The molecule has 146 valence electrons. The molecule has 1 aliphatic rings. The van der Waals surface area contributed by atoms with Gasteiger partial charge in [-0.3, -0.25) is 4.79 Å². The highest BCUT2D eigenvalue weighted by Crippen LogP contribution is 2.20. The maximum absolute atomic E-state index is 12.6. The van der Waals surface area contributed by atoms with Gasteiger partial charge in [0, 0.05) is 32.4 Å². The molecule has 0 aliphatic carbocycles. The standard InChI is InChI=1S/C22H31N3O2/c1-3-25(22(26)21-10-5-12-23-21)17-19-8-6-13-24(16-19)14-11-18-7-4-9-20(15-18)27-2/h4-5,7,9-10,12,15,19,23H,3,6,8,11,13-14,16-17H2,1-2H3. The van der Waals surface area contributed by atoms with Gasteiger partial charge in [0.05, 0.1) is 7.11 Å². The normalized spacial score (nSPS) is 17.6. The number of H-pyrrole nitrogens is 1. The smallest absolute Gasteiger partial charge is 0.270 e. The molecule has 1 aromatic carbocycles. The summed E-state index contributed by atoms with van der Waals surface area (Å²) in [5.41, 5.74) is 2.00. The molecule has 1 aliphatic heterocycles. The second-order valence-corrected chi connectivity index (χ2v) is 7.34. The molecule has 1 aromatic heterocycles. The molecule has 2 aromatic rings. The van der Waals surface area contributed by atoms with Crippen molar-refractivity contribution in [3.05, 3.63) is 53.9 Å². The van der Waals surface area contributed by atoms with Gasteiger partial charge in [-0.1, -0.05) is 12.1 Å². The number of amides is 1. The Bertz CT molecular complexity index is 714. The van der Waals surface area contributed by atoms with Gasteiger partial charge in [0.25, 0.3) is 5.91 Å². The van der Waals surface area contributed by atoms with E-state index >= 15 is 0 Å². The third-order valence-electron chi connectivity index (χ3n) is 5.43. The number of nitrogens with zero attached hydrogens (tertiary/aromatic N) is 2. The minimum absolute atomic E-state index is 0.107. The Morgan fingerprint density at radius 3 is 2.96 bits per heavy atom. The van der Waals surface area contributed by atoms with E-state index < -0.39 is 0 Å². The van der Waals surface area contributed by atoms with E-state index in [2.05, 4.69) is 35.0 Å². The number of rotatable bonds is 8. The van der Waals surface area contributed by atoms with E-state index in [4.69, 9.17) is 4.74 Å². The summed E-state index contributed by atoms with van der Waals surface area (Å²) in [7, 11) is 1.71. The summed E-state index contributed by atoms with van der Waals surface area (Å²) in [4.78, 5) is 20.2. The number of piperidine rings is 1. The number of hydrogen-bond acceptors (Lipinski definition) is 3. The second-order valence-electron chi connectivity index (χ2n) is 7.34. The number of ether oxygens (including phenoxy) is 1. The van der Waals surface area contributed by atoms with Crippen molar-refractivity contribution in [2.24, 2.45) is 5.92 Å². The van der Waals surface area contributed by atoms with E-state index in [-0.39, 0.29) is 5.91 Å². The van der Waals surface area contributed by atoms with E-state index in [1.54, 1.807) is 7.11 Å². The first kappa shape index (κ1) is 19.5. The largest absolute Gasteiger partial charge is 0.497 e. The fraction of sp³-hybridized carbons (Fsp3) is 0.500. The number of methoxy groups -OCH3 is 1. The predicted octanol–water partition coefficient (Wildman–Crippen LogP) is 3.44. The van der Waals surface area contributed by atoms with Crippen LogP contribution in [0.25, 0.3) is 0 Å². The number of carbonyl (C=O) groups excluding carboxylic acids is 1. The summed E-state index contributed by atoms with van der Waals surface area (Å²) < 4.78 is 5.32. The van der Waals surface area contributed by atoms with Crippen LogP contribution in [-0.2, 0) is 6.42 Å². The summed E-state index contributed by atoms with van der Waals surface area (Å²) in [6.07, 6.45) is 5.24. The van der Waals surface area contributed by atoms with Gasteiger partial charge in [-0.25, -0.2) is 0 Å². The van der Waals surface area contributed by atoms with Crippen molar-refractivity contribution in [3.63, 3.8) is 0 Å². The summed E-state index contributed by atoms with van der Waals surface area (Å²) in [5.74, 6) is 1.57. The minimum Gasteiger partial charge on any atom is -0.497 e. The molecule has 5 heteroatoms. The van der Waals surface area contributed by atoms with Gasteiger partial charge in [0.1, 0.15) is 11.4 Å². The monoisotopic (exact) mass is 369 g/mol. The Morgan fingerprint density at radius 1 is 1.33 bits per heavy atom. The Labute approximate surface area is 162 Å². The first-order chi connectivity index (χ1) is 13.2. The zero-order valence-corrected chi connectivity index (χ0v) is 16.5. The fourth-order valence-electron chi connectivity index (χ4n) is 3.92. The molecule has 1 fully saturated rings. The summed E-state index contributed by atoms with van der Waals surface area (Å²) in [5, 5.41) is 0. The van der Waals surface area contributed by atoms with Gasteiger partial charge >= 0.3 is 0 Å². The third-order valence-corrected chi connectivity index (χ3v) is 5.43. The number of carbonyl (C=O) groups is 1. The fourth-order valence-corrected chi connectivity index (χ4v) is 3.92. The molecule has 1 unspecified atom stereocenters. The number of aromatic nitrogens is 1. The highest BCUT2D eigenvalue weighted by molar-refractivity contribution is 5.92. The van der Waals surface area contributed by atoms with Crippen molar-refractivity contribution in [1.82, 2.24) is 14.8 Å². The van der Waals surface area contributed by atoms with Crippen LogP contribution < -0.4 is 4.74 Å². The van der Waals surface area contributed by atoms with Gasteiger partial charge in [-0.15, -0.1) is 0 Å². The third kappa shape index (κ3) is 5.36. The van der Waals surface area contributed by atoms with Crippen LogP contribution in [0.3, 0.4) is 0 Å². The van der Waals surface area contributed by atoms with Gasteiger partial charge in [0.15, 0.2) is 0 Å². The van der Waals surface area contributed by atoms with Crippen molar-refractivity contribution in [3.8, 4) is 5.75 Å². The number of likely N-dealkylation sites (tertiary alicyclic amines) is 1. The van der Waals surface area contributed by atoms with Crippen LogP contribution in [0, 0.1) is 5.92 Å². The number of hydrogen-bond donors (Lipinski definition) is 1. The molecule has 27 heavy (non-hydrogen) atoms. The number of aromatic amines is 1. The van der Waals surface area contributed by atoms with Gasteiger partial charge < -0.3 is 19.5 Å². The van der Waals surface area contributed by atoms with Crippen molar-refractivity contribution < 1.29 is 9.53 Å². The van der Waals surface area contributed by atoms with Gasteiger partial charge in [-0.05, 0) is 68.5 Å². The lowest BCUT2D eigenvalue weighted by atomic mass is 9.96. The van der Waals surface area contributed by atoms with Crippen LogP contribution in [0.1, 0.15) is 35.8 Å². The zero-order chi connectivity index (χ0) is 19.1. The van der Waals surface area contributed by atoms with Crippen LogP contribution in [0.4, 0.5) is 0 Å². The van der Waals surface area contributed by atoms with E-state index in [0.717, 1.165) is 44.9 Å². The molecule has 1 N–H and O–H groups in total. The Kier molecular flexibility index (Phi) is 6.93. The molecule has 1 amide bonds. The van der Waals surface area contributed by atoms with Crippen LogP contribution in [0.15, 0.2) is 42.6 Å². The zero-order valence-electron chi connectivity index (χ0n) is 16.5. The molecule has 0 radical (unpaired) electrons. The van der Waals surface area contributed by atoms with Gasteiger partial charge in [-0.2, -0.15) is 0 Å². The molecule has 1 saturated heterocycles. The molecule has 3 rings (SSSR count). The van der Waals surface area contributed by atoms with Crippen molar-refractivity contribution in [2.45, 2.75) is 26.2 Å². The first-order valence-corrected chi connectivity index (χ1v) is 9.97. The lowest BCUT2D eigenvalue weighted by molar-refractivity contribution is 0.0685. The molecule has 5 nitrogen and oxygen atoms in total. The van der Waals surface area contributed by atoms with Gasteiger partial charge in [0.2, 0.25) is 0 Å². The van der Waals surface area contributed by atoms with Crippen LogP contribution in [0.5, 0.6) is 5.75 Å². The van der Waals surface area contributed by atoms with Crippen LogP contribution in [0.2, 0.25) is 0 Å². The summed E-state index contributed by atoms with van der Waals surface area (Å²) in [6.45, 7) is 6.92. The molecule has 0 spiro atoms. The second kappa shape index (κ2) is 9.60. The highest BCUT2D eigenvalue weighted by atomic mass is 16.5. The molecule has 1 atom stereocenters. The lowest BCUT2D eigenvalue weighted by Gasteiger charge is -2.35. The maximum atomic E-state index is 12.6. The summed E-state index contributed by atoms with van der Waals surface area (Å²) >= 11 is 0. The van der Waals surface area contributed by atoms with Crippen LogP contribution >= 0.6 is 0 Å². The lowest BCUT2D eigenvalue weighted by Crippen LogP contribution is -2.43. The maximum Gasteiger partial charge on any atom is 0.270 e. The highest BCUT2D eigenvalue weighted by Gasteiger charge is 2.24. The van der Waals surface area contributed by atoms with Crippen molar-refractivity contribution in [2.75, 3.05) is 39.8 Å². The van der Waals surface area contributed by atoms with E-state index in [9.17, 15) is 4.79 Å². The van der Waals surface area contributed by atoms with E-state index in [1.807, 2.05) is 29.3 Å². The molecule has 2 heterocycles. The Balaban J connectivity index is 1.51. The molecule has 0 bridgehead atoms. The predicted molar refractivity (Wildman–Crippen MR) is 108 cm³/mol. The van der Waals surface area contributed by atoms with E-state index in [1.165, 1.54) is 18.4 Å². The van der Waals surface area contributed by atoms with Crippen molar-refractivity contribution >= 4 is 5.91 Å².